The molecule has 3 N–H and O–H groups in total. The topological polar surface area (TPSA) is 100 Å². The summed E-state index contributed by atoms with van der Waals surface area (Å²) in [5.41, 5.74) is 1.40. The summed E-state index contributed by atoms with van der Waals surface area (Å²) in [6, 6.07) is 6.86. The molecule has 1 atom stereocenters. The van der Waals surface area contributed by atoms with Gasteiger partial charge in [-0.3, -0.25) is 4.79 Å². The first-order valence-corrected chi connectivity index (χ1v) is 7.73. The van der Waals surface area contributed by atoms with E-state index in [0.717, 1.165) is 5.69 Å². The minimum Gasteiger partial charge on any atom is -0.423 e. The van der Waals surface area contributed by atoms with Crippen LogP contribution >= 0.6 is 0 Å². The van der Waals surface area contributed by atoms with Crippen LogP contribution < -0.4 is 10.6 Å². The third-order valence-corrected chi connectivity index (χ3v) is 3.45. The second-order valence-corrected chi connectivity index (χ2v) is 5.14. The Bertz CT molecular complexity index is 621. The molecular formula is C16H22N4O3. The first-order chi connectivity index (χ1) is 11.2. The van der Waals surface area contributed by atoms with E-state index < -0.39 is 0 Å². The lowest BCUT2D eigenvalue weighted by molar-refractivity contribution is 0.0915. The predicted molar refractivity (Wildman–Crippen MR) is 86.1 cm³/mol. The fraction of sp³-hybridized carbons (Fsp3) is 0.438. The van der Waals surface area contributed by atoms with Gasteiger partial charge in [-0.25, -0.2) is 0 Å². The fourth-order valence-electron chi connectivity index (χ4n) is 1.97. The minimum absolute atomic E-state index is 0.0637. The van der Waals surface area contributed by atoms with Crippen molar-refractivity contribution in [2.75, 3.05) is 11.9 Å². The maximum atomic E-state index is 12.0. The molecule has 7 nitrogen and oxygen atoms in total. The number of nitrogens with zero attached hydrogens (tertiary/aromatic N) is 2. The molecule has 2 aromatic rings. The molecule has 23 heavy (non-hydrogen) atoms. The summed E-state index contributed by atoms with van der Waals surface area (Å²) in [7, 11) is 0. The number of aryl methyl sites for hydroxylation is 1. The van der Waals surface area contributed by atoms with E-state index in [1.807, 2.05) is 26.0 Å². The van der Waals surface area contributed by atoms with Gasteiger partial charge < -0.3 is 20.2 Å². The molecule has 0 radical (unpaired) electrons. The second-order valence-electron chi connectivity index (χ2n) is 5.14. The molecule has 0 fully saturated rings. The van der Waals surface area contributed by atoms with Gasteiger partial charge in [-0.2, -0.15) is 0 Å². The quantitative estimate of drug-likeness (QED) is 0.685. The molecule has 0 aliphatic heterocycles. The van der Waals surface area contributed by atoms with Crippen LogP contribution in [0.1, 0.15) is 42.4 Å². The first kappa shape index (κ1) is 17.0. The molecule has 1 heterocycles. The van der Waals surface area contributed by atoms with Gasteiger partial charge in [0.15, 0.2) is 0 Å². The number of carbonyl (C=O) groups excluding carboxylic acids is 1. The predicted octanol–water partition coefficient (Wildman–Crippen LogP) is 1.74. The molecule has 0 aliphatic carbocycles. The highest BCUT2D eigenvalue weighted by molar-refractivity contribution is 5.94. The van der Waals surface area contributed by atoms with E-state index in [1.165, 1.54) is 0 Å². The van der Waals surface area contributed by atoms with Crippen molar-refractivity contribution in [1.29, 1.82) is 0 Å². The zero-order valence-electron chi connectivity index (χ0n) is 13.4. The number of amides is 1. The number of aliphatic hydroxyl groups is 1. The van der Waals surface area contributed by atoms with Gasteiger partial charge >= 0.3 is 0 Å². The SMILES string of the molecule is CCc1nnc(CNc2ccc(C(=O)N[C@H](CC)CO)cc2)o1. The minimum atomic E-state index is -0.217. The average molecular weight is 318 g/mol. The summed E-state index contributed by atoms with van der Waals surface area (Å²) in [5, 5.41) is 22.9. The molecule has 0 saturated heterocycles. The smallest absolute Gasteiger partial charge is 0.251 e. The van der Waals surface area contributed by atoms with E-state index in [-0.39, 0.29) is 18.6 Å². The van der Waals surface area contributed by atoms with Crippen LogP contribution in [0.25, 0.3) is 0 Å². The van der Waals surface area contributed by atoms with Crippen LogP contribution in [-0.2, 0) is 13.0 Å². The molecule has 0 spiro atoms. The Balaban J connectivity index is 1.89. The van der Waals surface area contributed by atoms with Gasteiger partial charge in [-0.05, 0) is 30.7 Å². The first-order valence-electron chi connectivity index (χ1n) is 7.73. The van der Waals surface area contributed by atoms with E-state index in [4.69, 9.17) is 9.52 Å². The summed E-state index contributed by atoms with van der Waals surface area (Å²) in [6.45, 7) is 4.23. The van der Waals surface area contributed by atoms with Crippen molar-refractivity contribution >= 4 is 11.6 Å². The Hall–Kier alpha value is -2.41. The van der Waals surface area contributed by atoms with Crippen molar-refractivity contribution in [3.05, 3.63) is 41.6 Å². The molecule has 1 aromatic heterocycles. The van der Waals surface area contributed by atoms with Crippen molar-refractivity contribution in [3.8, 4) is 0 Å². The monoisotopic (exact) mass is 318 g/mol. The van der Waals surface area contributed by atoms with Crippen LogP contribution in [0, 0.1) is 0 Å². The highest BCUT2D eigenvalue weighted by atomic mass is 16.4. The summed E-state index contributed by atoms with van der Waals surface area (Å²) >= 11 is 0. The Morgan fingerprint density at radius 1 is 1.22 bits per heavy atom. The Morgan fingerprint density at radius 3 is 2.48 bits per heavy atom. The molecule has 2 rings (SSSR count). The van der Waals surface area contributed by atoms with Gasteiger partial charge in [0, 0.05) is 17.7 Å². The van der Waals surface area contributed by atoms with Gasteiger partial charge in [0.25, 0.3) is 5.91 Å². The van der Waals surface area contributed by atoms with E-state index >= 15 is 0 Å². The lowest BCUT2D eigenvalue weighted by Gasteiger charge is -2.14. The zero-order chi connectivity index (χ0) is 16.7. The number of nitrogens with one attached hydrogen (secondary N) is 2. The highest BCUT2D eigenvalue weighted by Crippen LogP contribution is 2.11. The van der Waals surface area contributed by atoms with E-state index in [0.29, 0.717) is 36.7 Å². The van der Waals surface area contributed by atoms with Crippen LogP contribution in [0.15, 0.2) is 28.7 Å². The summed E-state index contributed by atoms with van der Waals surface area (Å²) in [6.07, 6.45) is 1.40. The van der Waals surface area contributed by atoms with Crippen LogP contribution in [0.3, 0.4) is 0 Å². The number of carbonyl (C=O) groups is 1. The van der Waals surface area contributed by atoms with Crippen molar-refractivity contribution in [2.24, 2.45) is 0 Å². The number of aliphatic hydroxyl groups excluding tert-OH is 1. The standard InChI is InChI=1S/C16H22N4O3/c1-3-12(10-21)18-16(22)11-5-7-13(8-6-11)17-9-15-20-19-14(4-2)23-15/h5-8,12,17,21H,3-4,9-10H2,1-2H3,(H,18,22)/t12-/m1/s1. The van der Waals surface area contributed by atoms with Gasteiger partial charge in [0.1, 0.15) is 0 Å². The molecular weight excluding hydrogens is 296 g/mol. The number of rotatable bonds is 8. The van der Waals surface area contributed by atoms with Crippen LogP contribution in [0.4, 0.5) is 5.69 Å². The number of anilines is 1. The van der Waals surface area contributed by atoms with Crippen LogP contribution in [-0.4, -0.2) is 33.9 Å². The van der Waals surface area contributed by atoms with Crippen LogP contribution in [0.2, 0.25) is 0 Å². The molecule has 1 aromatic carbocycles. The largest absolute Gasteiger partial charge is 0.423 e. The summed E-state index contributed by atoms with van der Waals surface area (Å²) < 4.78 is 5.41. The molecule has 1 amide bonds. The number of aromatic nitrogens is 2. The molecule has 7 heteroatoms. The van der Waals surface area contributed by atoms with Crippen LogP contribution in [0.5, 0.6) is 0 Å². The fourth-order valence-corrected chi connectivity index (χ4v) is 1.97. The van der Waals surface area contributed by atoms with E-state index in [2.05, 4.69) is 20.8 Å². The van der Waals surface area contributed by atoms with E-state index in [9.17, 15) is 4.79 Å². The van der Waals surface area contributed by atoms with E-state index in [1.54, 1.807) is 12.1 Å². The van der Waals surface area contributed by atoms with Gasteiger partial charge in [-0.15, -0.1) is 10.2 Å². The maximum Gasteiger partial charge on any atom is 0.251 e. The Labute approximate surface area is 135 Å². The summed E-state index contributed by atoms with van der Waals surface area (Å²) in [4.78, 5) is 12.0. The third-order valence-electron chi connectivity index (χ3n) is 3.45. The van der Waals surface area contributed by atoms with Gasteiger partial charge in [0.05, 0.1) is 19.2 Å². The third kappa shape index (κ3) is 4.79. The molecule has 0 unspecified atom stereocenters. The number of hydrogen-bond acceptors (Lipinski definition) is 6. The zero-order valence-corrected chi connectivity index (χ0v) is 13.4. The summed E-state index contributed by atoms with van der Waals surface area (Å²) in [5.74, 6) is 0.947. The Morgan fingerprint density at radius 2 is 1.91 bits per heavy atom. The molecule has 0 bridgehead atoms. The maximum absolute atomic E-state index is 12.0. The lowest BCUT2D eigenvalue weighted by atomic mass is 10.1. The lowest BCUT2D eigenvalue weighted by Crippen LogP contribution is -2.36. The second kappa shape index (κ2) is 8.28. The van der Waals surface area contributed by atoms with Crippen molar-refractivity contribution in [1.82, 2.24) is 15.5 Å². The average Bonchev–Trinajstić information content (AvgIpc) is 3.06. The molecule has 0 saturated carbocycles. The van der Waals surface area contributed by atoms with Crippen molar-refractivity contribution < 1.29 is 14.3 Å². The normalized spacial score (nSPS) is 12.0. The number of benzene rings is 1. The highest BCUT2D eigenvalue weighted by Gasteiger charge is 2.11. The van der Waals surface area contributed by atoms with Gasteiger partial charge in [0.2, 0.25) is 11.8 Å². The Kier molecular flexibility index (Phi) is 6.10. The van der Waals surface area contributed by atoms with Gasteiger partial charge in [-0.1, -0.05) is 13.8 Å². The van der Waals surface area contributed by atoms with Crippen molar-refractivity contribution in [2.45, 2.75) is 39.3 Å². The molecule has 124 valence electrons. The number of hydrogen-bond donors (Lipinski definition) is 3. The molecule has 0 aliphatic rings. The van der Waals surface area contributed by atoms with Crippen molar-refractivity contribution in [3.63, 3.8) is 0 Å².